The second-order valence-electron chi connectivity index (χ2n) is 6.90. The lowest BCUT2D eigenvalue weighted by atomic mass is 9.93. The molecule has 2 aromatic heterocycles. The summed E-state index contributed by atoms with van der Waals surface area (Å²) in [6, 6.07) is 12.9. The Hall–Kier alpha value is -3.17. The van der Waals surface area contributed by atoms with E-state index in [1.54, 1.807) is 18.3 Å². The largest absolute Gasteiger partial charge is 0.381 e. The van der Waals surface area contributed by atoms with Crippen molar-refractivity contribution in [3.05, 3.63) is 59.7 Å². The number of aromatic nitrogens is 3. The topological polar surface area (TPSA) is 66.6 Å². The van der Waals surface area contributed by atoms with E-state index in [1.807, 2.05) is 12.1 Å². The van der Waals surface area contributed by atoms with Gasteiger partial charge in [-0.1, -0.05) is 0 Å². The summed E-state index contributed by atoms with van der Waals surface area (Å²) in [6.45, 7) is 1.37. The van der Waals surface area contributed by atoms with Gasteiger partial charge in [0.15, 0.2) is 0 Å². The minimum absolute atomic E-state index is 0.224. The zero-order valence-corrected chi connectivity index (χ0v) is 14.6. The number of nitriles is 1. The minimum Gasteiger partial charge on any atom is -0.381 e. The van der Waals surface area contributed by atoms with Crippen molar-refractivity contribution in [1.82, 2.24) is 14.8 Å². The molecule has 27 heavy (non-hydrogen) atoms. The first-order chi connectivity index (χ1) is 13.3. The van der Waals surface area contributed by atoms with E-state index in [9.17, 15) is 9.65 Å². The van der Waals surface area contributed by atoms with Gasteiger partial charge in [0.25, 0.3) is 0 Å². The fraction of sp³-hybridized carbons (Fsp3) is 0.238. The van der Waals surface area contributed by atoms with Gasteiger partial charge in [-0.3, -0.25) is 5.10 Å². The fourth-order valence-corrected chi connectivity index (χ4v) is 4.09. The van der Waals surface area contributed by atoms with Crippen molar-refractivity contribution in [3.63, 3.8) is 0 Å². The maximum atomic E-state index is 13.5. The van der Waals surface area contributed by atoms with E-state index in [1.165, 1.54) is 12.1 Å². The molecule has 3 heterocycles. The van der Waals surface area contributed by atoms with Crippen molar-refractivity contribution >= 4 is 21.8 Å². The fourth-order valence-electron chi connectivity index (χ4n) is 4.09. The molecule has 6 heteroatoms. The van der Waals surface area contributed by atoms with Crippen molar-refractivity contribution in [2.75, 3.05) is 13.2 Å². The van der Waals surface area contributed by atoms with Gasteiger partial charge in [-0.15, -0.1) is 0 Å². The summed E-state index contributed by atoms with van der Waals surface area (Å²) in [5, 5.41) is 18.9. The molecule has 0 atom stereocenters. The van der Waals surface area contributed by atoms with Crippen molar-refractivity contribution in [1.29, 1.82) is 5.26 Å². The van der Waals surface area contributed by atoms with Gasteiger partial charge in [0.05, 0.1) is 22.8 Å². The molecule has 0 radical (unpaired) electrons. The van der Waals surface area contributed by atoms with Crippen LogP contribution in [0.2, 0.25) is 0 Å². The zero-order chi connectivity index (χ0) is 18.4. The van der Waals surface area contributed by atoms with Gasteiger partial charge in [0.1, 0.15) is 11.9 Å². The monoisotopic (exact) mass is 360 g/mol. The highest BCUT2D eigenvalue weighted by molar-refractivity contribution is 5.99. The van der Waals surface area contributed by atoms with Crippen LogP contribution in [0.25, 0.3) is 27.5 Å². The van der Waals surface area contributed by atoms with Crippen LogP contribution in [0.4, 0.5) is 4.39 Å². The lowest BCUT2D eigenvalue weighted by Crippen LogP contribution is -2.17. The predicted octanol–water partition coefficient (Wildman–Crippen LogP) is 4.41. The number of nitrogens with zero attached hydrogens (tertiary/aromatic N) is 3. The minimum atomic E-state index is -0.277. The molecular weight excluding hydrogens is 343 g/mol. The van der Waals surface area contributed by atoms with Gasteiger partial charge in [0, 0.05) is 41.3 Å². The summed E-state index contributed by atoms with van der Waals surface area (Å²) in [4.78, 5) is 0. The summed E-state index contributed by atoms with van der Waals surface area (Å²) in [6.07, 6.45) is 3.51. The van der Waals surface area contributed by atoms with E-state index in [2.05, 4.69) is 20.8 Å². The molecule has 0 aliphatic carbocycles. The van der Waals surface area contributed by atoms with Crippen LogP contribution in [0.5, 0.6) is 0 Å². The molecule has 1 saturated heterocycles. The molecule has 4 aromatic rings. The summed E-state index contributed by atoms with van der Waals surface area (Å²) >= 11 is 0. The molecule has 2 aromatic carbocycles. The Balaban J connectivity index is 1.87. The highest BCUT2D eigenvalue weighted by Gasteiger charge is 2.27. The van der Waals surface area contributed by atoms with Crippen LogP contribution < -0.4 is 0 Å². The summed E-state index contributed by atoms with van der Waals surface area (Å²) < 4.78 is 21.2. The second kappa shape index (κ2) is 6.22. The second-order valence-corrected chi connectivity index (χ2v) is 6.90. The van der Waals surface area contributed by atoms with Crippen molar-refractivity contribution < 1.29 is 9.13 Å². The average Bonchev–Trinajstić information content (AvgIpc) is 3.29. The number of rotatable bonds is 2. The van der Waals surface area contributed by atoms with E-state index in [-0.39, 0.29) is 11.7 Å². The third-order valence-electron chi connectivity index (χ3n) is 5.37. The molecule has 134 valence electrons. The zero-order valence-electron chi connectivity index (χ0n) is 14.6. The van der Waals surface area contributed by atoms with E-state index >= 15 is 0 Å². The molecule has 0 bridgehead atoms. The molecular formula is C21H17FN4O. The average molecular weight is 360 g/mol. The Labute approximate surface area is 155 Å². The number of hydrogen-bond donors (Lipinski definition) is 1. The first kappa shape index (κ1) is 16.0. The number of aromatic amines is 1. The Morgan fingerprint density at radius 1 is 1.19 bits per heavy atom. The Bertz CT molecular complexity index is 1180. The van der Waals surface area contributed by atoms with Crippen molar-refractivity contribution in [2.24, 2.45) is 0 Å². The first-order valence-electron chi connectivity index (χ1n) is 9.01. The normalized spacial score (nSPS) is 15.4. The number of ether oxygens (including phenoxy) is 1. The highest BCUT2D eigenvalue weighted by Crippen LogP contribution is 2.39. The van der Waals surface area contributed by atoms with Crippen LogP contribution in [0.15, 0.2) is 42.6 Å². The van der Waals surface area contributed by atoms with Gasteiger partial charge >= 0.3 is 0 Å². The van der Waals surface area contributed by atoms with Gasteiger partial charge < -0.3 is 9.30 Å². The standard InChI is InChI=1S/C21H17FN4O/c22-15-1-3-16(4-2-15)26-20-9-14-12-24-25-19(14)10-17(20)18(11-23)21(26)13-5-7-27-8-6-13/h1-4,9-10,12-13H,5-8H2,(H,24,25). The Morgan fingerprint density at radius 3 is 2.70 bits per heavy atom. The van der Waals surface area contributed by atoms with Crippen LogP contribution in [-0.2, 0) is 4.74 Å². The SMILES string of the molecule is N#Cc1c(C2CCOCC2)n(-c2ccc(F)cc2)c2cc3cn[nH]c3cc12. The number of nitrogens with one attached hydrogen (secondary N) is 1. The van der Waals surface area contributed by atoms with Crippen LogP contribution in [0.1, 0.15) is 30.0 Å². The third-order valence-corrected chi connectivity index (χ3v) is 5.37. The molecule has 5 rings (SSSR count). The van der Waals surface area contributed by atoms with E-state index in [4.69, 9.17) is 4.74 Å². The van der Waals surface area contributed by atoms with Gasteiger partial charge in [-0.2, -0.15) is 10.4 Å². The highest BCUT2D eigenvalue weighted by atomic mass is 19.1. The smallest absolute Gasteiger partial charge is 0.123 e. The Morgan fingerprint density at radius 2 is 1.96 bits per heavy atom. The molecule has 0 spiro atoms. The molecule has 0 saturated carbocycles. The van der Waals surface area contributed by atoms with Gasteiger partial charge in [-0.25, -0.2) is 4.39 Å². The van der Waals surface area contributed by atoms with Crippen LogP contribution in [0.3, 0.4) is 0 Å². The number of halogens is 1. The molecule has 1 aliphatic heterocycles. The van der Waals surface area contributed by atoms with Gasteiger partial charge in [0.2, 0.25) is 0 Å². The summed E-state index contributed by atoms with van der Waals surface area (Å²) in [7, 11) is 0. The number of hydrogen-bond acceptors (Lipinski definition) is 3. The molecule has 1 fully saturated rings. The van der Waals surface area contributed by atoms with E-state index < -0.39 is 0 Å². The predicted molar refractivity (Wildman–Crippen MR) is 100 cm³/mol. The maximum absolute atomic E-state index is 13.5. The molecule has 1 aliphatic rings. The molecule has 1 N–H and O–H groups in total. The number of benzene rings is 2. The lowest BCUT2D eigenvalue weighted by molar-refractivity contribution is 0.0842. The summed E-state index contributed by atoms with van der Waals surface area (Å²) in [5.74, 6) is -0.0529. The Kier molecular flexibility index (Phi) is 3.69. The van der Waals surface area contributed by atoms with E-state index in [0.717, 1.165) is 46.0 Å². The molecule has 0 amide bonds. The first-order valence-corrected chi connectivity index (χ1v) is 9.01. The maximum Gasteiger partial charge on any atom is 0.123 e. The van der Waals surface area contributed by atoms with Crippen molar-refractivity contribution in [3.8, 4) is 11.8 Å². The summed E-state index contributed by atoms with van der Waals surface area (Å²) in [5.41, 5.74) is 4.36. The van der Waals surface area contributed by atoms with Crippen LogP contribution in [0, 0.1) is 17.1 Å². The number of fused-ring (bicyclic) bond motifs is 2. The lowest BCUT2D eigenvalue weighted by Gasteiger charge is -2.24. The molecule has 0 unspecified atom stereocenters. The quantitative estimate of drug-likeness (QED) is 0.576. The third kappa shape index (κ3) is 2.51. The number of H-pyrrole nitrogens is 1. The van der Waals surface area contributed by atoms with E-state index in [0.29, 0.717) is 18.8 Å². The molecule has 5 nitrogen and oxygen atoms in total. The van der Waals surface area contributed by atoms with Crippen LogP contribution in [-0.4, -0.2) is 28.0 Å². The van der Waals surface area contributed by atoms with Crippen molar-refractivity contribution in [2.45, 2.75) is 18.8 Å². The van der Waals surface area contributed by atoms with Gasteiger partial charge in [-0.05, 0) is 49.2 Å². The van der Waals surface area contributed by atoms with Crippen LogP contribution >= 0.6 is 0 Å².